The van der Waals surface area contributed by atoms with Crippen LogP contribution in [0.5, 0.6) is 0 Å². The van der Waals surface area contributed by atoms with Gasteiger partial charge in [0.1, 0.15) is 21.5 Å². The van der Waals surface area contributed by atoms with E-state index in [1.165, 1.54) is 6.42 Å². The van der Waals surface area contributed by atoms with Crippen LogP contribution in [0.2, 0.25) is 45.3 Å². The third kappa shape index (κ3) is 12.2. The van der Waals surface area contributed by atoms with E-state index in [1.807, 2.05) is 0 Å². The van der Waals surface area contributed by atoms with Crippen molar-refractivity contribution in [3.63, 3.8) is 0 Å². The normalized spacial score (nSPS) is 23.3. The van der Waals surface area contributed by atoms with Crippen LogP contribution >= 0.6 is 0 Å². The molecule has 1 aliphatic rings. The van der Waals surface area contributed by atoms with Gasteiger partial charge >= 0.3 is 5.97 Å². The summed E-state index contributed by atoms with van der Waals surface area (Å²) in [5.74, 6) is 0.0816. The lowest BCUT2D eigenvalue weighted by Crippen LogP contribution is -2.42. The summed E-state index contributed by atoms with van der Waals surface area (Å²) in [7, 11) is -2.54. The second-order valence-corrected chi connectivity index (χ2v) is 20.5. The fraction of sp³-hybridized carbons (Fsp3) is 0.857. The molecular weight excluding hydrogens is 416 g/mol. The molecule has 1 saturated carbocycles. The molecular formula is C21H42O5Si3. The number of aliphatic hydroxyl groups excluding tert-OH is 1. The maximum Gasteiger partial charge on any atom is 0.333 e. The molecule has 1 aliphatic carbocycles. The number of aliphatic hydroxyl groups is 1. The Bertz CT molecular complexity index is 511. The van der Waals surface area contributed by atoms with Crippen molar-refractivity contribution in [2.24, 2.45) is 5.92 Å². The Balaban J connectivity index is 2.30. The van der Waals surface area contributed by atoms with Gasteiger partial charge in [-0.25, -0.2) is 4.79 Å². The molecule has 0 aliphatic heterocycles. The van der Waals surface area contributed by atoms with Gasteiger partial charge in [0.25, 0.3) is 0 Å². The molecule has 3 unspecified atom stereocenters. The van der Waals surface area contributed by atoms with E-state index in [2.05, 4.69) is 45.9 Å². The highest BCUT2D eigenvalue weighted by molar-refractivity contribution is 6.71. The molecule has 168 valence electrons. The molecule has 0 aromatic rings. The Morgan fingerprint density at radius 3 is 2.17 bits per heavy atom. The van der Waals surface area contributed by atoms with Crippen molar-refractivity contribution in [3.05, 3.63) is 12.2 Å². The highest BCUT2D eigenvalue weighted by atomic mass is 28.4. The van der Waals surface area contributed by atoms with Crippen LogP contribution in [-0.2, 0) is 18.4 Å². The Labute approximate surface area is 182 Å². The smallest absolute Gasteiger partial charge is 0.333 e. The largest absolute Gasteiger partial charge is 0.456 e. The van der Waals surface area contributed by atoms with E-state index in [4.69, 9.17) is 13.6 Å². The Hall–Kier alpha value is -0.259. The van der Waals surface area contributed by atoms with Crippen LogP contribution < -0.4 is 0 Å². The van der Waals surface area contributed by atoms with Gasteiger partial charge in [0.05, 0.1) is 6.10 Å². The van der Waals surface area contributed by atoms with Crippen LogP contribution in [0.25, 0.3) is 0 Å². The zero-order valence-corrected chi connectivity index (χ0v) is 22.5. The van der Waals surface area contributed by atoms with Gasteiger partial charge in [-0.15, -0.1) is 0 Å². The molecule has 2 radical (unpaired) electrons. The summed E-state index contributed by atoms with van der Waals surface area (Å²) >= 11 is 0. The van der Waals surface area contributed by atoms with Crippen LogP contribution in [0.1, 0.15) is 45.4 Å². The van der Waals surface area contributed by atoms with E-state index in [-0.39, 0.29) is 12.0 Å². The molecule has 0 spiro atoms. The van der Waals surface area contributed by atoms with E-state index in [9.17, 15) is 9.90 Å². The zero-order chi connectivity index (χ0) is 22.2. The minimum absolute atomic E-state index is 0.0337. The number of esters is 1. The van der Waals surface area contributed by atoms with Crippen molar-refractivity contribution in [1.29, 1.82) is 0 Å². The van der Waals surface area contributed by atoms with E-state index in [0.29, 0.717) is 21.0 Å². The second kappa shape index (κ2) is 12.0. The minimum Gasteiger partial charge on any atom is -0.456 e. The van der Waals surface area contributed by atoms with Gasteiger partial charge in [-0.05, 0) is 71.4 Å². The summed E-state index contributed by atoms with van der Waals surface area (Å²) in [6.07, 6.45) is 4.98. The first-order valence-electron chi connectivity index (χ1n) is 10.9. The van der Waals surface area contributed by atoms with Crippen LogP contribution in [0.3, 0.4) is 0 Å². The van der Waals surface area contributed by atoms with Gasteiger partial charge < -0.3 is 18.7 Å². The number of rotatable bonds is 12. The van der Waals surface area contributed by atoms with Crippen molar-refractivity contribution in [1.82, 2.24) is 0 Å². The summed E-state index contributed by atoms with van der Waals surface area (Å²) in [5.41, 5.74) is 0.384. The molecule has 0 bridgehead atoms. The van der Waals surface area contributed by atoms with E-state index < -0.39 is 28.7 Å². The number of carbonyl (C=O) groups excluding carboxylic acids is 1. The third-order valence-electron chi connectivity index (χ3n) is 4.74. The molecule has 1 N–H and O–H groups in total. The number of hydrogen-bond donors (Lipinski definition) is 1. The molecule has 5 nitrogen and oxygen atoms in total. The lowest BCUT2D eigenvalue weighted by atomic mass is 9.82. The summed E-state index contributed by atoms with van der Waals surface area (Å²) in [4.78, 5) is 11.7. The fourth-order valence-electron chi connectivity index (χ4n) is 3.37. The van der Waals surface area contributed by atoms with E-state index in [0.717, 1.165) is 38.1 Å². The molecule has 0 amide bonds. The molecule has 1 rings (SSSR count). The van der Waals surface area contributed by atoms with Crippen molar-refractivity contribution < 1.29 is 23.5 Å². The molecule has 3 atom stereocenters. The maximum atomic E-state index is 11.7. The topological polar surface area (TPSA) is 65.0 Å². The lowest BCUT2D eigenvalue weighted by molar-refractivity contribution is -0.154. The van der Waals surface area contributed by atoms with Crippen molar-refractivity contribution in [2.45, 2.75) is 109 Å². The van der Waals surface area contributed by atoms with Gasteiger partial charge in [0.15, 0.2) is 16.6 Å². The Kier molecular flexibility index (Phi) is 11.0. The Morgan fingerprint density at radius 1 is 1.10 bits per heavy atom. The van der Waals surface area contributed by atoms with Gasteiger partial charge in [0.2, 0.25) is 0 Å². The van der Waals surface area contributed by atoms with Crippen LogP contribution in [0.4, 0.5) is 0 Å². The average molecular weight is 459 g/mol. The monoisotopic (exact) mass is 458 g/mol. The number of carbonyl (C=O) groups is 1. The summed E-state index contributed by atoms with van der Waals surface area (Å²) in [6.45, 7) is 18.5. The molecule has 8 heteroatoms. The van der Waals surface area contributed by atoms with Gasteiger partial charge in [-0.2, -0.15) is 0 Å². The van der Waals surface area contributed by atoms with Crippen LogP contribution in [0, 0.1) is 5.92 Å². The maximum absolute atomic E-state index is 11.7. The lowest BCUT2D eigenvalue weighted by Gasteiger charge is -2.33. The second-order valence-electron chi connectivity index (χ2n) is 10.2. The highest BCUT2D eigenvalue weighted by Crippen LogP contribution is 2.31. The summed E-state index contributed by atoms with van der Waals surface area (Å²) in [6, 6.07) is 1.13. The van der Waals surface area contributed by atoms with Gasteiger partial charge in [-0.1, -0.05) is 31.9 Å². The van der Waals surface area contributed by atoms with Gasteiger partial charge in [0, 0.05) is 5.57 Å². The zero-order valence-electron chi connectivity index (χ0n) is 19.5. The molecule has 1 fully saturated rings. The highest BCUT2D eigenvalue weighted by Gasteiger charge is 2.32. The molecule has 0 aromatic heterocycles. The quantitative estimate of drug-likeness (QED) is 0.148. The fourth-order valence-corrected chi connectivity index (χ4v) is 8.32. The number of ether oxygens (including phenoxy) is 1. The first kappa shape index (κ1) is 26.8. The minimum atomic E-state index is -1.61. The first-order valence-corrected chi connectivity index (χ1v) is 19.0. The molecule has 0 saturated heterocycles. The van der Waals surface area contributed by atoms with Crippen molar-refractivity contribution in [2.75, 3.05) is 0 Å². The van der Waals surface area contributed by atoms with Crippen molar-refractivity contribution in [3.8, 4) is 0 Å². The van der Waals surface area contributed by atoms with E-state index >= 15 is 0 Å². The first-order chi connectivity index (χ1) is 13.3. The van der Waals surface area contributed by atoms with Crippen LogP contribution in [0.15, 0.2) is 12.2 Å². The molecule has 29 heavy (non-hydrogen) atoms. The molecule has 0 heterocycles. The SMILES string of the molecule is C=C(C)C(=O)OC1CCC(CCCC[Si]C(O[Si](C)(C)C)O[Si](C)(C)C)CC1O. The van der Waals surface area contributed by atoms with E-state index in [1.54, 1.807) is 6.92 Å². The predicted octanol–water partition coefficient (Wildman–Crippen LogP) is 4.91. The van der Waals surface area contributed by atoms with Gasteiger partial charge in [-0.3, -0.25) is 0 Å². The Morgan fingerprint density at radius 2 is 1.69 bits per heavy atom. The van der Waals surface area contributed by atoms with Crippen molar-refractivity contribution >= 4 is 32.1 Å². The summed E-state index contributed by atoms with van der Waals surface area (Å²) < 4.78 is 17.9. The number of unbranched alkanes of at least 4 members (excludes halogenated alkanes) is 1. The predicted molar refractivity (Wildman–Crippen MR) is 125 cm³/mol. The number of hydrogen-bond acceptors (Lipinski definition) is 5. The van der Waals surface area contributed by atoms with Crippen LogP contribution in [-0.4, -0.2) is 55.4 Å². The third-order valence-corrected chi connectivity index (χ3v) is 8.27. The molecule has 0 aromatic carbocycles. The standard InChI is InChI=1S/C21H42O5Si3/c1-16(2)20(23)24-19-13-12-17(15-18(19)22)11-9-10-14-27-21(25-28(3,4)5)26-29(6,7)8/h17-19,21-22H,1,9-15H2,2-8H3. The average Bonchev–Trinajstić information content (AvgIpc) is 2.53. The summed E-state index contributed by atoms with van der Waals surface area (Å²) in [5, 5.41) is 10.3.